The average molecular weight is 264 g/mol. The van der Waals surface area contributed by atoms with E-state index in [9.17, 15) is 0 Å². The highest BCUT2D eigenvalue weighted by Gasteiger charge is 2.24. The van der Waals surface area contributed by atoms with Crippen LogP contribution in [0.25, 0.3) is 0 Å². The zero-order chi connectivity index (χ0) is 13.5. The number of aromatic nitrogens is 1. The average Bonchev–Trinajstić information content (AvgIpc) is 2.46. The van der Waals surface area contributed by atoms with Gasteiger partial charge in [-0.2, -0.15) is 0 Å². The van der Waals surface area contributed by atoms with Crippen LogP contribution in [0.1, 0.15) is 38.2 Å². The summed E-state index contributed by atoms with van der Waals surface area (Å²) in [6, 6.07) is 4.03. The number of nitrogens with zero attached hydrogens (tertiary/aromatic N) is 1. The second-order valence-electron chi connectivity index (χ2n) is 5.01. The Morgan fingerprint density at radius 3 is 3.00 bits per heavy atom. The van der Waals surface area contributed by atoms with Gasteiger partial charge in [0, 0.05) is 31.8 Å². The monoisotopic (exact) mass is 264 g/mol. The van der Waals surface area contributed by atoms with E-state index in [2.05, 4.69) is 23.3 Å². The van der Waals surface area contributed by atoms with E-state index in [1.54, 1.807) is 13.3 Å². The third kappa shape index (κ3) is 4.18. The van der Waals surface area contributed by atoms with Crippen LogP contribution in [0.3, 0.4) is 0 Å². The highest BCUT2D eigenvalue weighted by Crippen LogP contribution is 2.25. The molecule has 19 heavy (non-hydrogen) atoms. The summed E-state index contributed by atoms with van der Waals surface area (Å²) in [6.07, 6.45) is 6.72. The van der Waals surface area contributed by atoms with Crippen LogP contribution >= 0.6 is 0 Å². The molecule has 1 aromatic heterocycles. The van der Waals surface area contributed by atoms with Crippen molar-refractivity contribution in [2.45, 2.75) is 51.4 Å². The van der Waals surface area contributed by atoms with Crippen LogP contribution in [0.2, 0.25) is 0 Å². The maximum Gasteiger partial charge on any atom is 0.218 e. The fraction of sp³-hybridized carbons (Fsp3) is 0.667. The molecular weight excluding hydrogens is 240 g/mol. The van der Waals surface area contributed by atoms with Crippen molar-refractivity contribution in [1.82, 2.24) is 10.3 Å². The summed E-state index contributed by atoms with van der Waals surface area (Å²) in [6.45, 7) is 3.85. The van der Waals surface area contributed by atoms with Gasteiger partial charge in [0.1, 0.15) is 6.10 Å². The molecule has 0 saturated heterocycles. The molecule has 1 fully saturated rings. The summed E-state index contributed by atoms with van der Waals surface area (Å²) in [4.78, 5) is 4.37. The number of hydrogen-bond donors (Lipinski definition) is 1. The first-order chi connectivity index (χ1) is 9.33. The van der Waals surface area contributed by atoms with Gasteiger partial charge in [0.05, 0.1) is 6.10 Å². The van der Waals surface area contributed by atoms with Crippen molar-refractivity contribution in [2.24, 2.45) is 0 Å². The molecule has 1 aliphatic carbocycles. The molecule has 1 aliphatic rings. The van der Waals surface area contributed by atoms with Crippen LogP contribution in [0.5, 0.6) is 5.88 Å². The van der Waals surface area contributed by atoms with Crippen molar-refractivity contribution >= 4 is 0 Å². The molecule has 1 N–H and O–H groups in total. The molecule has 106 valence electrons. The molecule has 2 atom stereocenters. The highest BCUT2D eigenvalue weighted by atomic mass is 16.5. The molecule has 2 rings (SSSR count). The standard InChI is InChI=1S/C15H24N2O2/c1-3-16-11-12-6-5-9-17-15(12)19-14-8-4-7-13(10-14)18-2/h5-6,9,13-14,16H,3-4,7-8,10-11H2,1-2H3. The van der Waals surface area contributed by atoms with E-state index in [0.717, 1.165) is 43.8 Å². The summed E-state index contributed by atoms with van der Waals surface area (Å²) in [5.41, 5.74) is 1.13. The zero-order valence-electron chi connectivity index (χ0n) is 11.9. The molecule has 4 nitrogen and oxygen atoms in total. The first-order valence-corrected chi connectivity index (χ1v) is 7.17. The molecule has 0 spiro atoms. The van der Waals surface area contributed by atoms with E-state index in [1.165, 1.54) is 6.42 Å². The van der Waals surface area contributed by atoms with Gasteiger partial charge in [0.2, 0.25) is 5.88 Å². The molecule has 0 aliphatic heterocycles. The zero-order valence-corrected chi connectivity index (χ0v) is 11.9. The number of rotatable bonds is 6. The van der Waals surface area contributed by atoms with E-state index in [4.69, 9.17) is 9.47 Å². The van der Waals surface area contributed by atoms with Crippen molar-refractivity contribution in [2.75, 3.05) is 13.7 Å². The molecule has 2 unspecified atom stereocenters. The van der Waals surface area contributed by atoms with Crippen molar-refractivity contribution in [3.63, 3.8) is 0 Å². The summed E-state index contributed by atoms with van der Waals surface area (Å²) in [7, 11) is 1.78. The number of pyridine rings is 1. The van der Waals surface area contributed by atoms with E-state index in [1.807, 2.05) is 6.07 Å². The van der Waals surface area contributed by atoms with Gasteiger partial charge < -0.3 is 14.8 Å². The van der Waals surface area contributed by atoms with Crippen molar-refractivity contribution in [3.8, 4) is 5.88 Å². The van der Waals surface area contributed by atoms with Crippen molar-refractivity contribution < 1.29 is 9.47 Å². The Hall–Kier alpha value is -1.13. The summed E-state index contributed by atoms with van der Waals surface area (Å²) in [5.74, 6) is 0.769. The van der Waals surface area contributed by atoms with Crippen LogP contribution < -0.4 is 10.1 Å². The minimum absolute atomic E-state index is 0.231. The number of hydrogen-bond acceptors (Lipinski definition) is 4. The number of ether oxygens (including phenoxy) is 2. The number of methoxy groups -OCH3 is 1. The summed E-state index contributed by atoms with van der Waals surface area (Å²) < 4.78 is 11.5. The first-order valence-electron chi connectivity index (χ1n) is 7.17. The van der Waals surface area contributed by atoms with Crippen LogP contribution in [-0.4, -0.2) is 30.8 Å². The van der Waals surface area contributed by atoms with Gasteiger partial charge in [-0.1, -0.05) is 13.0 Å². The Kier molecular flexibility index (Phi) is 5.61. The van der Waals surface area contributed by atoms with E-state index >= 15 is 0 Å². The van der Waals surface area contributed by atoms with E-state index in [0.29, 0.717) is 6.10 Å². The van der Waals surface area contributed by atoms with Gasteiger partial charge in [-0.15, -0.1) is 0 Å². The maximum atomic E-state index is 6.08. The van der Waals surface area contributed by atoms with Gasteiger partial charge in [-0.05, 0) is 31.9 Å². The Bertz CT molecular complexity index is 384. The predicted octanol–water partition coefficient (Wildman–Crippen LogP) is 2.53. The van der Waals surface area contributed by atoms with Crippen molar-refractivity contribution in [3.05, 3.63) is 23.9 Å². The quantitative estimate of drug-likeness (QED) is 0.857. The summed E-state index contributed by atoms with van der Waals surface area (Å²) in [5, 5.41) is 3.32. The second-order valence-corrected chi connectivity index (χ2v) is 5.01. The topological polar surface area (TPSA) is 43.4 Å². The Labute approximate surface area is 115 Å². The molecule has 1 aromatic rings. The van der Waals surface area contributed by atoms with Crippen LogP contribution in [0, 0.1) is 0 Å². The van der Waals surface area contributed by atoms with Gasteiger partial charge >= 0.3 is 0 Å². The number of nitrogens with one attached hydrogen (secondary N) is 1. The molecule has 0 radical (unpaired) electrons. The van der Waals surface area contributed by atoms with Gasteiger partial charge in [-0.25, -0.2) is 4.98 Å². The lowest BCUT2D eigenvalue weighted by molar-refractivity contribution is 0.0191. The Morgan fingerprint density at radius 2 is 2.21 bits per heavy atom. The van der Waals surface area contributed by atoms with Crippen LogP contribution in [-0.2, 0) is 11.3 Å². The minimum Gasteiger partial charge on any atom is -0.474 e. The fourth-order valence-electron chi connectivity index (χ4n) is 2.51. The highest BCUT2D eigenvalue weighted by molar-refractivity contribution is 5.25. The van der Waals surface area contributed by atoms with E-state index in [-0.39, 0.29) is 6.10 Å². The third-order valence-corrected chi connectivity index (χ3v) is 3.61. The summed E-state index contributed by atoms with van der Waals surface area (Å²) >= 11 is 0. The molecular formula is C15H24N2O2. The van der Waals surface area contributed by atoms with Crippen LogP contribution in [0.4, 0.5) is 0 Å². The third-order valence-electron chi connectivity index (χ3n) is 3.61. The molecule has 1 saturated carbocycles. The van der Waals surface area contributed by atoms with Gasteiger partial charge in [0.15, 0.2) is 0 Å². The smallest absolute Gasteiger partial charge is 0.218 e. The van der Waals surface area contributed by atoms with Gasteiger partial charge in [0.25, 0.3) is 0 Å². The molecule has 0 bridgehead atoms. The predicted molar refractivity (Wildman–Crippen MR) is 75.3 cm³/mol. The largest absolute Gasteiger partial charge is 0.474 e. The Balaban J connectivity index is 1.97. The minimum atomic E-state index is 0.231. The van der Waals surface area contributed by atoms with E-state index < -0.39 is 0 Å². The van der Waals surface area contributed by atoms with Crippen LogP contribution in [0.15, 0.2) is 18.3 Å². The first kappa shape index (κ1) is 14.3. The molecule has 1 heterocycles. The fourth-order valence-corrected chi connectivity index (χ4v) is 2.51. The lowest BCUT2D eigenvalue weighted by atomic mass is 9.95. The Morgan fingerprint density at radius 1 is 1.37 bits per heavy atom. The molecule has 0 amide bonds. The SMILES string of the molecule is CCNCc1cccnc1OC1CCCC(OC)C1. The van der Waals surface area contributed by atoms with Crippen molar-refractivity contribution in [1.29, 1.82) is 0 Å². The normalized spacial score (nSPS) is 23.3. The lowest BCUT2D eigenvalue weighted by Gasteiger charge is -2.28. The molecule has 4 heteroatoms. The maximum absolute atomic E-state index is 6.08. The second kappa shape index (κ2) is 7.46. The molecule has 0 aromatic carbocycles. The lowest BCUT2D eigenvalue weighted by Crippen LogP contribution is -2.30. The van der Waals surface area contributed by atoms with Gasteiger partial charge in [-0.3, -0.25) is 0 Å².